The fourth-order valence-electron chi connectivity index (χ4n) is 3.97. The number of carbonyl (C=O) groups excluding carboxylic acids is 1. The number of ether oxygens (including phenoxy) is 1. The van der Waals surface area contributed by atoms with E-state index in [1.54, 1.807) is 23.9 Å². The smallest absolute Gasteiger partial charge is 0.200 e. The number of allylic oxidation sites excluding steroid dienone is 5. The molecule has 3 heterocycles. The van der Waals surface area contributed by atoms with Crippen molar-refractivity contribution in [2.75, 3.05) is 31.2 Å². The van der Waals surface area contributed by atoms with E-state index in [1.807, 2.05) is 44.2 Å². The number of benzene rings is 1. The summed E-state index contributed by atoms with van der Waals surface area (Å²) in [6.45, 7) is 6.68. The summed E-state index contributed by atoms with van der Waals surface area (Å²) in [7, 11) is 0. The number of thioether (sulfide) groups is 1. The molecular weight excluding hydrogens is 422 g/mol. The largest absolute Gasteiger partial charge is 0.440 e. The first-order valence-electron chi connectivity index (χ1n) is 11.0. The molecule has 0 radical (unpaired) electrons. The molecule has 32 heavy (non-hydrogen) atoms. The molecule has 1 aromatic heterocycles. The van der Waals surface area contributed by atoms with Gasteiger partial charge in [-0.15, -0.1) is 0 Å². The maximum absolute atomic E-state index is 12.5. The maximum atomic E-state index is 12.5. The van der Waals surface area contributed by atoms with Crippen LogP contribution in [0.5, 0.6) is 0 Å². The molecule has 5 nitrogen and oxygen atoms in total. The van der Waals surface area contributed by atoms with E-state index < -0.39 is 0 Å². The molecule has 0 unspecified atom stereocenters. The topological polar surface area (TPSA) is 59.8 Å². The lowest BCUT2D eigenvalue weighted by atomic mass is 9.98. The summed E-state index contributed by atoms with van der Waals surface area (Å²) in [5.74, 6) is 1.18. The molecule has 2 aliphatic heterocycles. The molecule has 0 spiro atoms. The first kappa shape index (κ1) is 22.4. The molecule has 1 aromatic carbocycles. The molecule has 1 aliphatic carbocycles. The van der Waals surface area contributed by atoms with Gasteiger partial charge in [-0.2, -0.15) is 0 Å². The molecule has 166 valence electrons. The lowest BCUT2D eigenvalue weighted by Gasteiger charge is -2.27. The van der Waals surface area contributed by atoms with Gasteiger partial charge in [0.15, 0.2) is 11.3 Å². The zero-order valence-electron chi connectivity index (χ0n) is 18.4. The van der Waals surface area contributed by atoms with Gasteiger partial charge >= 0.3 is 0 Å². The van der Waals surface area contributed by atoms with Crippen LogP contribution in [0.3, 0.4) is 0 Å². The zero-order valence-corrected chi connectivity index (χ0v) is 19.2. The molecule has 1 fully saturated rings. The van der Waals surface area contributed by atoms with E-state index in [4.69, 9.17) is 9.15 Å². The Labute approximate surface area is 192 Å². The Morgan fingerprint density at radius 3 is 2.69 bits per heavy atom. The molecule has 0 bridgehead atoms. The number of anilines is 1. The van der Waals surface area contributed by atoms with Crippen LogP contribution in [0.2, 0.25) is 0 Å². The van der Waals surface area contributed by atoms with E-state index in [9.17, 15) is 9.59 Å². The molecule has 3 aliphatic rings. The quantitative estimate of drug-likeness (QED) is 0.604. The predicted octanol–water partition coefficient (Wildman–Crippen LogP) is 5.16. The third-order valence-electron chi connectivity index (χ3n) is 5.55. The number of hydrogen-bond acceptors (Lipinski definition) is 6. The number of rotatable bonds is 3. The van der Waals surface area contributed by atoms with Crippen LogP contribution >= 0.6 is 11.8 Å². The van der Waals surface area contributed by atoms with Crippen LogP contribution in [0.15, 0.2) is 78.7 Å². The standard InChI is InChI=1S/C24H21NO4S.C2H6/c26-15-16-4-6-17-12-18-2-1-3-20(24(18)30-22(17)7-5-16)21-13-19(27)14-23(29-21)25-8-10-28-11-9-25;1-2/h1-5,7,13-15H,6,8-12H2;1-2H3. The molecule has 0 N–H and O–H groups in total. The van der Waals surface area contributed by atoms with Crippen LogP contribution in [-0.4, -0.2) is 32.6 Å². The summed E-state index contributed by atoms with van der Waals surface area (Å²) in [6.07, 6.45) is 8.36. The average Bonchev–Trinajstić information content (AvgIpc) is 3.05. The lowest BCUT2D eigenvalue weighted by Crippen LogP contribution is -2.36. The summed E-state index contributed by atoms with van der Waals surface area (Å²) in [4.78, 5) is 27.9. The summed E-state index contributed by atoms with van der Waals surface area (Å²) in [5, 5.41) is 0. The van der Waals surface area contributed by atoms with Crippen LogP contribution < -0.4 is 10.3 Å². The highest BCUT2D eigenvalue weighted by molar-refractivity contribution is 8.03. The normalized spacial score (nSPS) is 17.4. The summed E-state index contributed by atoms with van der Waals surface area (Å²) in [6, 6.07) is 9.27. The molecule has 1 saturated heterocycles. The predicted molar refractivity (Wildman–Crippen MR) is 129 cm³/mol. The Hall–Kier alpha value is -2.83. The average molecular weight is 450 g/mol. The van der Waals surface area contributed by atoms with Gasteiger partial charge in [0, 0.05) is 46.2 Å². The summed E-state index contributed by atoms with van der Waals surface area (Å²) >= 11 is 1.68. The molecular formula is C26H27NO4S. The Morgan fingerprint density at radius 2 is 1.91 bits per heavy atom. The van der Waals surface area contributed by atoms with Gasteiger partial charge in [0.1, 0.15) is 12.0 Å². The number of morpholine rings is 1. The fraction of sp³-hybridized carbons (Fsp3) is 0.308. The molecule has 0 saturated carbocycles. The van der Waals surface area contributed by atoms with Gasteiger partial charge in [-0.3, -0.25) is 9.59 Å². The second-order valence-corrected chi connectivity index (χ2v) is 8.55. The van der Waals surface area contributed by atoms with Crippen LogP contribution in [-0.2, 0) is 16.0 Å². The monoisotopic (exact) mass is 449 g/mol. The number of aldehydes is 1. The Kier molecular flexibility index (Phi) is 7.12. The lowest BCUT2D eigenvalue weighted by molar-refractivity contribution is -0.104. The van der Waals surface area contributed by atoms with Crippen molar-refractivity contribution in [3.8, 4) is 11.3 Å². The SMILES string of the molecule is CC.O=CC1=CCC2=C(C=C1)Sc1c(cccc1-c1cc(=O)cc(N3CCOCC3)o1)C2. The Balaban J connectivity index is 0.00000119. The van der Waals surface area contributed by atoms with E-state index in [0.29, 0.717) is 43.5 Å². The fourth-order valence-corrected chi connectivity index (χ4v) is 5.17. The van der Waals surface area contributed by atoms with Crippen LogP contribution in [0.1, 0.15) is 25.8 Å². The number of carbonyl (C=O) groups is 1. The van der Waals surface area contributed by atoms with Crippen molar-refractivity contribution >= 4 is 23.9 Å². The number of fused-ring (bicyclic) bond motifs is 1. The van der Waals surface area contributed by atoms with Crippen molar-refractivity contribution in [2.24, 2.45) is 0 Å². The maximum Gasteiger partial charge on any atom is 0.200 e. The highest BCUT2D eigenvalue weighted by atomic mass is 32.2. The van der Waals surface area contributed by atoms with E-state index >= 15 is 0 Å². The van der Waals surface area contributed by atoms with Crippen molar-refractivity contribution < 1.29 is 13.9 Å². The van der Waals surface area contributed by atoms with Crippen LogP contribution in [0.4, 0.5) is 5.88 Å². The van der Waals surface area contributed by atoms with E-state index in [0.717, 1.165) is 34.5 Å². The van der Waals surface area contributed by atoms with Crippen molar-refractivity contribution in [1.29, 1.82) is 0 Å². The minimum Gasteiger partial charge on any atom is -0.440 e. The Morgan fingerprint density at radius 1 is 1.09 bits per heavy atom. The summed E-state index contributed by atoms with van der Waals surface area (Å²) < 4.78 is 11.6. The highest BCUT2D eigenvalue weighted by Gasteiger charge is 2.23. The van der Waals surface area contributed by atoms with Crippen LogP contribution in [0, 0.1) is 0 Å². The number of hydrogen-bond donors (Lipinski definition) is 0. The van der Waals surface area contributed by atoms with Gasteiger partial charge in [0.25, 0.3) is 0 Å². The van der Waals surface area contributed by atoms with E-state index in [1.165, 1.54) is 11.1 Å². The van der Waals surface area contributed by atoms with Crippen molar-refractivity contribution in [3.63, 3.8) is 0 Å². The second kappa shape index (κ2) is 10.2. The van der Waals surface area contributed by atoms with Gasteiger partial charge in [0.05, 0.1) is 13.2 Å². The second-order valence-electron chi connectivity index (χ2n) is 7.49. The van der Waals surface area contributed by atoms with E-state index in [-0.39, 0.29) is 5.43 Å². The van der Waals surface area contributed by atoms with Gasteiger partial charge in [-0.25, -0.2) is 0 Å². The molecule has 5 rings (SSSR count). The first-order chi connectivity index (χ1) is 15.7. The third kappa shape index (κ3) is 4.66. The molecule has 6 heteroatoms. The minimum absolute atomic E-state index is 0.0646. The van der Waals surface area contributed by atoms with Gasteiger partial charge < -0.3 is 14.1 Å². The van der Waals surface area contributed by atoms with Crippen LogP contribution in [0.25, 0.3) is 11.3 Å². The van der Waals surface area contributed by atoms with Gasteiger partial charge in [-0.05, 0) is 30.1 Å². The van der Waals surface area contributed by atoms with Crippen molar-refractivity contribution in [3.05, 3.63) is 80.4 Å². The third-order valence-corrected chi connectivity index (χ3v) is 6.88. The molecule has 0 amide bonds. The van der Waals surface area contributed by atoms with Gasteiger partial charge in [0.2, 0.25) is 0 Å². The molecule has 0 atom stereocenters. The minimum atomic E-state index is -0.0646. The number of nitrogens with zero attached hydrogens (tertiary/aromatic N) is 1. The van der Waals surface area contributed by atoms with E-state index in [2.05, 4.69) is 11.0 Å². The first-order valence-corrected chi connectivity index (χ1v) is 11.9. The van der Waals surface area contributed by atoms with Crippen molar-refractivity contribution in [2.45, 2.75) is 31.6 Å². The summed E-state index contributed by atoms with van der Waals surface area (Å²) in [5.41, 5.74) is 4.09. The van der Waals surface area contributed by atoms with Gasteiger partial charge in [-0.1, -0.05) is 56.0 Å². The highest BCUT2D eigenvalue weighted by Crippen LogP contribution is 2.46. The zero-order chi connectivity index (χ0) is 22.5. The van der Waals surface area contributed by atoms with Crippen molar-refractivity contribution in [1.82, 2.24) is 0 Å². The Bertz CT molecular complexity index is 1150. The molecule has 2 aromatic rings.